The zero-order valence-corrected chi connectivity index (χ0v) is 20.9. The summed E-state index contributed by atoms with van der Waals surface area (Å²) in [7, 11) is 3.22. The molecular formula is C28H37N3O3. The largest absolute Gasteiger partial charge is 0.493 e. The second-order valence-electron chi connectivity index (χ2n) is 7.60. The Labute approximate surface area is 203 Å². The van der Waals surface area contributed by atoms with E-state index in [2.05, 4.69) is 17.6 Å². The molecule has 6 nitrogen and oxygen atoms in total. The van der Waals surface area contributed by atoms with Crippen LogP contribution in [0.4, 0.5) is 17.1 Å². The van der Waals surface area contributed by atoms with Crippen LogP contribution in [0.15, 0.2) is 60.7 Å². The van der Waals surface area contributed by atoms with Gasteiger partial charge in [0.1, 0.15) is 0 Å². The summed E-state index contributed by atoms with van der Waals surface area (Å²) in [4.78, 5) is 12.6. The average Bonchev–Trinajstić information content (AvgIpc) is 2.88. The fourth-order valence-corrected chi connectivity index (χ4v) is 3.38. The Hall–Kier alpha value is -3.67. The molecule has 0 aromatic heterocycles. The van der Waals surface area contributed by atoms with Gasteiger partial charge >= 0.3 is 0 Å². The number of amides is 1. The molecule has 34 heavy (non-hydrogen) atoms. The van der Waals surface area contributed by atoms with Crippen molar-refractivity contribution in [1.82, 2.24) is 0 Å². The summed E-state index contributed by atoms with van der Waals surface area (Å²) in [5, 5.41) is 6.26. The van der Waals surface area contributed by atoms with E-state index in [0.717, 1.165) is 30.5 Å². The quantitative estimate of drug-likeness (QED) is 0.298. The fraction of sp³-hybridized carbons (Fsp3) is 0.321. The van der Waals surface area contributed by atoms with Crippen LogP contribution in [0, 0.1) is 0 Å². The summed E-state index contributed by atoms with van der Waals surface area (Å²) in [5.74, 6) is 1.17. The van der Waals surface area contributed by atoms with Gasteiger partial charge in [0.15, 0.2) is 11.5 Å². The van der Waals surface area contributed by atoms with E-state index in [1.54, 1.807) is 14.2 Å². The van der Waals surface area contributed by atoms with Gasteiger partial charge < -0.3 is 25.8 Å². The molecular weight excluding hydrogens is 426 g/mol. The number of carbonyl (C=O) groups is 1. The third-order valence-electron chi connectivity index (χ3n) is 5.28. The van der Waals surface area contributed by atoms with E-state index in [0.29, 0.717) is 35.0 Å². The molecule has 1 amide bonds. The van der Waals surface area contributed by atoms with Gasteiger partial charge in [-0.2, -0.15) is 0 Å². The van der Waals surface area contributed by atoms with Gasteiger partial charge in [0.2, 0.25) is 0 Å². The van der Waals surface area contributed by atoms with Crippen molar-refractivity contribution in [2.75, 3.05) is 30.6 Å². The van der Waals surface area contributed by atoms with E-state index in [1.807, 2.05) is 74.5 Å². The number of hydrogen-bond acceptors (Lipinski definition) is 5. The van der Waals surface area contributed by atoms with Crippen molar-refractivity contribution >= 4 is 23.0 Å². The maximum Gasteiger partial charge on any atom is 0.255 e. The van der Waals surface area contributed by atoms with Crippen LogP contribution in [-0.2, 0) is 13.0 Å². The van der Waals surface area contributed by atoms with Crippen molar-refractivity contribution in [3.05, 3.63) is 77.4 Å². The minimum absolute atomic E-state index is 0.183. The van der Waals surface area contributed by atoms with Crippen LogP contribution in [0.5, 0.6) is 11.5 Å². The number of aryl methyl sites for hydroxylation is 1. The first-order valence-corrected chi connectivity index (χ1v) is 11.8. The van der Waals surface area contributed by atoms with Crippen LogP contribution in [0.1, 0.15) is 55.1 Å². The first-order chi connectivity index (χ1) is 16.5. The number of hydrogen-bond donors (Lipinski definition) is 3. The summed E-state index contributed by atoms with van der Waals surface area (Å²) in [6.07, 6.45) is 3.25. The molecule has 0 aliphatic rings. The SMILES string of the molecule is CC.CCCCc1ccc(NC(=O)c2ccc(CNc3ccc(OC)c(OC)c3)cc2)c(N)c1. The number of carbonyl (C=O) groups excluding carboxylic acids is 1. The smallest absolute Gasteiger partial charge is 0.255 e. The molecule has 3 rings (SSSR count). The van der Waals surface area contributed by atoms with Crippen LogP contribution in [0.2, 0.25) is 0 Å². The molecule has 182 valence electrons. The maximum absolute atomic E-state index is 12.6. The summed E-state index contributed by atoms with van der Waals surface area (Å²) < 4.78 is 10.6. The minimum atomic E-state index is -0.183. The second-order valence-corrected chi connectivity index (χ2v) is 7.60. The second kappa shape index (κ2) is 13.8. The summed E-state index contributed by atoms with van der Waals surface area (Å²) in [6.45, 7) is 6.78. The highest BCUT2D eigenvalue weighted by Crippen LogP contribution is 2.30. The molecule has 0 bridgehead atoms. The maximum atomic E-state index is 12.6. The highest BCUT2D eigenvalue weighted by atomic mass is 16.5. The number of anilines is 3. The van der Waals surface area contributed by atoms with E-state index in [9.17, 15) is 4.79 Å². The van der Waals surface area contributed by atoms with E-state index in [4.69, 9.17) is 15.2 Å². The van der Waals surface area contributed by atoms with Crippen molar-refractivity contribution in [2.45, 2.75) is 46.6 Å². The Morgan fingerprint density at radius 2 is 1.56 bits per heavy atom. The number of unbranched alkanes of at least 4 members (excludes halogenated alkanes) is 1. The van der Waals surface area contributed by atoms with Crippen LogP contribution >= 0.6 is 0 Å². The molecule has 4 N–H and O–H groups in total. The highest BCUT2D eigenvalue weighted by Gasteiger charge is 2.09. The van der Waals surface area contributed by atoms with Gasteiger partial charge in [-0.25, -0.2) is 0 Å². The molecule has 0 heterocycles. The molecule has 0 radical (unpaired) electrons. The van der Waals surface area contributed by atoms with Crippen molar-refractivity contribution in [2.24, 2.45) is 0 Å². The number of nitrogens with two attached hydrogens (primary N) is 1. The lowest BCUT2D eigenvalue weighted by Crippen LogP contribution is -2.13. The minimum Gasteiger partial charge on any atom is -0.493 e. The van der Waals surface area contributed by atoms with E-state index in [1.165, 1.54) is 5.56 Å². The predicted octanol–water partition coefficient (Wildman–Crippen LogP) is 6.52. The fourth-order valence-electron chi connectivity index (χ4n) is 3.38. The molecule has 0 saturated heterocycles. The first-order valence-electron chi connectivity index (χ1n) is 11.8. The Balaban J connectivity index is 0.00000199. The monoisotopic (exact) mass is 463 g/mol. The molecule has 0 atom stereocenters. The number of benzene rings is 3. The standard InChI is InChI=1S/C26H31N3O3.C2H6/c1-4-5-6-18-9-13-23(22(27)15-18)29-26(30)20-10-7-19(8-11-20)17-28-21-12-14-24(31-2)25(16-21)32-3;1-2/h7-16,28H,4-6,17,27H2,1-3H3,(H,29,30);1-2H3. The summed E-state index contributed by atoms with van der Waals surface area (Å²) >= 11 is 0. The van der Waals surface area contributed by atoms with Gasteiger partial charge in [0.25, 0.3) is 5.91 Å². The Morgan fingerprint density at radius 1 is 0.882 bits per heavy atom. The van der Waals surface area contributed by atoms with E-state index >= 15 is 0 Å². The lowest BCUT2D eigenvalue weighted by molar-refractivity contribution is 0.102. The number of methoxy groups -OCH3 is 2. The van der Waals surface area contributed by atoms with Gasteiger partial charge in [-0.3, -0.25) is 4.79 Å². The highest BCUT2D eigenvalue weighted by molar-refractivity contribution is 6.05. The molecule has 0 aliphatic carbocycles. The van der Waals surface area contributed by atoms with Crippen molar-refractivity contribution < 1.29 is 14.3 Å². The van der Waals surface area contributed by atoms with Gasteiger partial charge in [-0.05, 0) is 60.4 Å². The molecule has 0 unspecified atom stereocenters. The van der Waals surface area contributed by atoms with Gasteiger partial charge in [0, 0.05) is 23.9 Å². The lowest BCUT2D eigenvalue weighted by Gasteiger charge is -2.12. The topological polar surface area (TPSA) is 85.6 Å². The average molecular weight is 464 g/mol. The van der Waals surface area contributed by atoms with Crippen LogP contribution < -0.4 is 25.8 Å². The molecule has 3 aromatic rings. The van der Waals surface area contributed by atoms with Crippen molar-refractivity contribution in [1.29, 1.82) is 0 Å². The van der Waals surface area contributed by atoms with E-state index < -0.39 is 0 Å². The Bertz CT molecular complexity index is 1050. The molecule has 3 aromatic carbocycles. The number of rotatable bonds is 10. The third-order valence-corrected chi connectivity index (χ3v) is 5.28. The Kier molecular flexibility index (Phi) is 10.8. The number of nitrogen functional groups attached to an aromatic ring is 1. The first kappa shape index (κ1) is 26.6. The summed E-state index contributed by atoms with van der Waals surface area (Å²) in [5.41, 5.74) is 11.1. The molecule has 0 spiro atoms. The molecule has 0 fully saturated rings. The van der Waals surface area contributed by atoms with Crippen LogP contribution in [-0.4, -0.2) is 20.1 Å². The molecule has 0 saturated carbocycles. The molecule has 0 aliphatic heterocycles. The zero-order valence-electron chi connectivity index (χ0n) is 20.9. The van der Waals surface area contributed by atoms with Crippen molar-refractivity contribution in [3.8, 4) is 11.5 Å². The zero-order chi connectivity index (χ0) is 24.9. The van der Waals surface area contributed by atoms with Crippen molar-refractivity contribution in [3.63, 3.8) is 0 Å². The number of nitrogens with one attached hydrogen (secondary N) is 2. The van der Waals surface area contributed by atoms with Gasteiger partial charge in [-0.15, -0.1) is 0 Å². The lowest BCUT2D eigenvalue weighted by atomic mass is 10.1. The van der Waals surface area contributed by atoms with Crippen LogP contribution in [0.25, 0.3) is 0 Å². The number of ether oxygens (including phenoxy) is 2. The molecule has 6 heteroatoms. The summed E-state index contributed by atoms with van der Waals surface area (Å²) in [6, 6.07) is 19.0. The van der Waals surface area contributed by atoms with Crippen LogP contribution in [0.3, 0.4) is 0 Å². The van der Waals surface area contributed by atoms with Gasteiger partial charge in [0.05, 0.1) is 25.6 Å². The predicted molar refractivity (Wildman–Crippen MR) is 142 cm³/mol. The normalized spacial score (nSPS) is 10.0. The Morgan fingerprint density at radius 3 is 2.18 bits per heavy atom. The third kappa shape index (κ3) is 7.44. The van der Waals surface area contributed by atoms with E-state index in [-0.39, 0.29) is 5.91 Å². The van der Waals surface area contributed by atoms with Gasteiger partial charge in [-0.1, -0.05) is 45.4 Å².